The fourth-order valence-electron chi connectivity index (χ4n) is 2.30. The van der Waals surface area contributed by atoms with Crippen LogP contribution in [-0.4, -0.2) is 16.8 Å². The van der Waals surface area contributed by atoms with Crippen molar-refractivity contribution < 1.29 is 14.0 Å². The van der Waals surface area contributed by atoms with E-state index in [9.17, 15) is 9.59 Å². The number of thiophene rings is 1. The lowest BCUT2D eigenvalue weighted by molar-refractivity contribution is 0.101. The molecule has 0 radical (unpaired) electrons. The van der Waals surface area contributed by atoms with Crippen LogP contribution in [0.3, 0.4) is 0 Å². The summed E-state index contributed by atoms with van der Waals surface area (Å²) < 4.78 is 5.17. The molecule has 0 unspecified atom stereocenters. The molecule has 3 aromatic rings. The number of benzene rings is 1. The van der Waals surface area contributed by atoms with Crippen LogP contribution in [0, 0.1) is 0 Å². The van der Waals surface area contributed by atoms with Crippen LogP contribution in [0.5, 0.6) is 0 Å². The van der Waals surface area contributed by atoms with E-state index in [1.807, 2.05) is 24.3 Å². The molecule has 0 fully saturated rings. The largest absolute Gasteiger partial charge is 0.431 e. The van der Waals surface area contributed by atoms with Gasteiger partial charge in [0.15, 0.2) is 5.69 Å². The maximum absolute atomic E-state index is 12.4. The van der Waals surface area contributed by atoms with Crippen LogP contribution in [0.15, 0.2) is 52.5 Å². The van der Waals surface area contributed by atoms with Crippen molar-refractivity contribution in [3.8, 4) is 0 Å². The zero-order valence-corrected chi connectivity index (χ0v) is 14.6. The number of hydrogen-bond donors (Lipinski definition) is 2. The summed E-state index contributed by atoms with van der Waals surface area (Å²) in [6, 6.07) is 11.1. The molecule has 6 nitrogen and oxygen atoms in total. The van der Waals surface area contributed by atoms with E-state index in [2.05, 4.69) is 29.5 Å². The third-order valence-electron chi connectivity index (χ3n) is 3.53. The minimum atomic E-state index is -0.395. The third kappa shape index (κ3) is 3.95. The highest BCUT2D eigenvalue weighted by Crippen LogP contribution is 2.24. The summed E-state index contributed by atoms with van der Waals surface area (Å²) in [5.74, 6) is -0.447. The molecule has 128 valence electrons. The number of carbonyl (C=O) groups is 2. The number of nitrogens with one attached hydrogen (secondary N) is 2. The number of hydrogen-bond acceptors (Lipinski definition) is 5. The maximum Gasteiger partial charge on any atom is 0.302 e. The smallest absolute Gasteiger partial charge is 0.302 e. The maximum atomic E-state index is 12.4. The third-order valence-corrected chi connectivity index (χ3v) is 4.40. The molecule has 0 saturated carbocycles. The first kappa shape index (κ1) is 16.9. The quantitative estimate of drug-likeness (QED) is 0.712. The molecule has 2 heterocycles. The fraction of sp³-hybridized carbons (Fsp3) is 0.167. The molecule has 0 aliphatic heterocycles. The molecule has 0 saturated heterocycles. The Morgan fingerprint density at radius 3 is 2.60 bits per heavy atom. The Kier molecular flexibility index (Phi) is 4.95. The second kappa shape index (κ2) is 7.31. The Labute approximate surface area is 148 Å². The van der Waals surface area contributed by atoms with Crippen LogP contribution in [-0.2, 0) is 0 Å². The zero-order chi connectivity index (χ0) is 17.8. The SMILES string of the molecule is CC(C)c1ccccc1NC(=O)c1coc(NC(=O)c2cccs2)n1. The minimum Gasteiger partial charge on any atom is -0.431 e. The fourth-order valence-corrected chi connectivity index (χ4v) is 2.92. The van der Waals surface area contributed by atoms with E-state index < -0.39 is 5.91 Å². The highest BCUT2D eigenvalue weighted by Gasteiger charge is 2.17. The number of para-hydroxylation sites is 1. The summed E-state index contributed by atoms with van der Waals surface area (Å²) in [5, 5.41) is 7.16. The van der Waals surface area contributed by atoms with Crippen LogP contribution in [0.1, 0.15) is 45.5 Å². The molecule has 7 heteroatoms. The predicted molar refractivity (Wildman–Crippen MR) is 97.3 cm³/mol. The van der Waals surface area contributed by atoms with Crippen molar-refractivity contribution in [3.63, 3.8) is 0 Å². The first-order chi connectivity index (χ1) is 12.0. The van der Waals surface area contributed by atoms with E-state index in [-0.39, 0.29) is 23.5 Å². The Morgan fingerprint density at radius 1 is 1.08 bits per heavy atom. The van der Waals surface area contributed by atoms with Crippen LogP contribution in [0.2, 0.25) is 0 Å². The normalized spacial score (nSPS) is 10.7. The van der Waals surface area contributed by atoms with E-state index in [0.717, 1.165) is 11.3 Å². The van der Waals surface area contributed by atoms with Gasteiger partial charge in [-0.3, -0.25) is 14.9 Å². The summed E-state index contributed by atoms with van der Waals surface area (Å²) in [4.78, 5) is 28.9. The topological polar surface area (TPSA) is 84.2 Å². The molecule has 2 aromatic heterocycles. The van der Waals surface area contributed by atoms with Gasteiger partial charge in [-0.05, 0) is 29.0 Å². The lowest BCUT2D eigenvalue weighted by Crippen LogP contribution is -2.15. The molecular weight excluding hydrogens is 338 g/mol. The van der Waals surface area contributed by atoms with Crippen molar-refractivity contribution in [1.82, 2.24) is 4.98 Å². The standard InChI is InChI=1S/C18H17N3O3S/c1-11(2)12-6-3-4-7-13(12)19-16(22)14-10-24-18(20-14)21-17(23)15-8-5-9-25-15/h3-11H,1-2H3,(H,19,22)(H,20,21,23). The van der Waals surface area contributed by atoms with Gasteiger partial charge in [-0.25, -0.2) is 0 Å². The van der Waals surface area contributed by atoms with Crippen molar-refractivity contribution in [2.24, 2.45) is 0 Å². The van der Waals surface area contributed by atoms with Crippen LogP contribution < -0.4 is 10.6 Å². The highest BCUT2D eigenvalue weighted by atomic mass is 32.1. The number of nitrogens with zero attached hydrogens (tertiary/aromatic N) is 1. The summed E-state index contributed by atoms with van der Waals surface area (Å²) >= 11 is 1.31. The molecule has 0 spiro atoms. The minimum absolute atomic E-state index is 0.0132. The van der Waals surface area contributed by atoms with Gasteiger partial charge in [0, 0.05) is 5.69 Å². The Morgan fingerprint density at radius 2 is 1.88 bits per heavy atom. The van der Waals surface area contributed by atoms with Gasteiger partial charge in [-0.2, -0.15) is 4.98 Å². The van der Waals surface area contributed by atoms with E-state index in [0.29, 0.717) is 4.88 Å². The van der Waals surface area contributed by atoms with Crippen LogP contribution >= 0.6 is 11.3 Å². The lowest BCUT2D eigenvalue weighted by Gasteiger charge is -2.12. The predicted octanol–water partition coefficient (Wildman–Crippen LogP) is 4.36. The van der Waals surface area contributed by atoms with Gasteiger partial charge in [0.25, 0.3) is 11.8 Å². The van der Waals surface area contributed by atoms with Crippen molar-refractivity contribution in [2.45, 2.75) is 19.8 Å². The highest BCUT2D eigenvalue weighted by molar-refractivity contribution is 7.12. The summed E-state index contributed by atoms with van der Waals surface area (Å²) in [5.41, 5.74) is 1.86. The van der Waals surface area contributed by atoms with Crippen molar-refractivity contribution in [2.75, 3.05) is 10.6 Å². The van der Waals surface area contributed by atoms with E-state index in [1.54, 1.807) is 17.5 Å². The summed E-state index contributed by atoms with van der Waals surface area (Å²) in [6.07, 6.45) is 1.22. The average Bonchev–Trinajstić information content (AvgIpc) is 3.27. The number of carbonyl (C=O) groups excluding carboxylic acids is 2. The van der Waals surface area contributed by atoms with Gasteiger partial charge >= 0.3 is 6.01 Å². The molecule has 0 atom stereocenters. The summed E-state index contributed by atoms with van der Waals surface area (Å²) in [6.45, 7) is 4.11. The van der Waals surface area contributed by atoms with Gasteiger partial charge in [0.1, 0.15) is 6.26 Å². The van der Waals surface area contributed by atoms with Gasteiger partial charge < -0.3 is 9.73 Å². The molecule has 0 bridgehead atoms. The zero-order valence-electron chi connectivity index (χ0n) is 13.8. The Balaban J connectivity index is 1.70. The monoisotopic (exact) mass is 355 g/mol. The Hall–Kier alpha value is -2.93. The molecule has 2 amide bonds. The molecule has 3 rings (SSSR count). The van der Waals surface area contributed by atoms with Crippen molar-refractivity contribution in [3.05, 3.63) is 64.2 Å². The summed E-state index contributed by atoms with van der Waals surface area (Å²) in [7, 11) is 0. The van der Waals surface area contributed by atoms with Gasteiger partial charge in [-0.15, -0.1) is 11.3 Å². The molecule has 25 heavy (non-hydrogen) atoms. The number of aromatic nitrogens is 1. The number of rotatable bonds is 5. The van der Waals surface area contributed by atoms with Gasteiger partial charge in [-0.1, -0.05) is 38.1 Å². The molecule has 0 aliphatic carbocycles. The second-order valence-corrected chi connectivity index (χ2v) is 6.61. The van der Waals surface area contributed by atoms with Crippen molar-refractivity contribution in [1.29, 1.82) is 0 Å². The van der Waals surface area contributed by atoms with Gasteiger partial charge in [0.05, 0.1) is 4.88 Å². The first-order valence-electron chi connectivity index (χ1n) is 7.75. The number of anilines is 2. The van der Waals surface area contributed by atoms with E-state index >= 15 is 0 Å². The second-order valence-electron chi connectivity index (χ2n) is 5.67. The van der Waals surface area contributed by atoms with E-state index in [1.165, 1.54) is 17.6 Å². The van der Waals surface area contributed by atoms with Gasteiger partial charge in [0.2, 0.25) is 0 Å². The number of amides is 2. The van der Waals surface area contributed by atoms with Crippen molar-refractivity contribution >= 4 is 34.9 Å². The molecular formula is C18H17N3O3S. The lowest BCUT2D eigenvalue weighted by atomic mass is 10.0. The Bertz CT molecular complexity index is 885. The molecule has 2 N–H and O–H groups in total. The van der Waals surface area contributed by atoms with Crippen LogP contribution in [0.25, 0.3) is 0 Å². The van der Waals surface area contributed by atoms with Crippen LogP contribution in [0.4, 0.5) is 11.7 Å². The first-order valence-corrected chi connectivity index (χ1v) is 8.63. The molecule has 1 aromatic carbocycles. The molecule has 0 aliphatic rings. The number of oxazole rings is 1. The average molecular weight is 355 g/mol. The van der Waals surface area contributed by atoms with E-state index in [4.69, 9.17) is 4.42 Å².